The van der Waals surface area contributed by atoms with Crippen molar-refractivity contribution in [1.29, 1.82) is 0 Å². The summed E-state index contributed by atoms with van der Waals surface area (Å²) < 4.78 is 13.0. The number of hydrogen-bond donors (Lipinski definition) is 2. The number of nitrogens with one attached hydrogen (secondary N) is 1. The first-order chi connectivity index (χ1) is 8.04. The Kier molecular flexibility index (Phi) is 5.74. The van der Waals surface area contributed by atoms with Gasteiger partial charge in [-0.3, -0.25) is 4.79 Å². The standard InChI is InChI=1S/C11H14ClFN2OS/c1-17-5-4-9(14)11(16)15-10-6-7(13)2-3-8(10)12/h2-3,6,9H,4-5,14H2,1H3,(H,15,16)/t9-/m1/s1. The van der Waals surface area contributed by atoms with Gasteiger partial charge >= 0.3 is 0 Å². The van der Waals surface area contributed by atoms with Crippen LogP contribution in [0.2, 0.25) is 5.02 Å². The SMILES string of the molecule is CSCC[C@@H](N)C(=O)Nc1cc(F)ccc1Cl. The van der Waals surface area contributed by atoms with Crippen molar-refractivity contribution in [3.05, 3.63) is 29.0 Å². The molecule has 1 atom stereocenters. The summed E-state index contributed by atoms with van der Waals surface area (Å²) in [6, 6.07) is 3.18. The van der Waals surface area contributed by atoms with Gasteiger partial charge in [0.2, 0.25) is 5.91 Å². The van der Waals surface area contributed by atoms with Crippen molar-refractivity contribution in [2.45, 2.75) is 12.5 Å². The minimum atomic E-state index is -0.609. The largest absolute Gasteiger partial charge is 0.323 e. The Morgan fingerprint density at radius 1 is 1.65 bits per heavy atom. The molecule has 0 aliphatic heterocycles. The van der Waals surface area contributed by atoms with E-state index in [9.17, 15) is 9.18 Å². The lowest BCUT2D eigenvalue weighted by Crippen LogP contribution is -2.36. The number of carbonyl (C=O) groups excluding carboxylic acids is 1. The van der Waals surface area contributed by atoms with Gasteiger partial charge in [-0.25, -0.2) is 4.39 Å². The maximum Gasteiger partial charge on any atom is 0.241 e. The minimum Gasteiger partial charge on any atom is -0.323 e. The molecule has 0 heterocycles. The zero-order chi connectivity index (χ0) is 12.8. The Labute approximate surface area is 109 Å². The third kappa shape index (κ3) is 4.53. The molecule has 0 unspecified atom stereocenters. The Balaban J connectivity index is 2.64. The molecule has 6 heteroatoms. The van der Waals surface area contributed by atoms with Gasteiger partial charge in [0.15, 0.2) is 0 Å². The van der Waals surface area contributed by atoms with Crippen LogP contribution in [-0.4, -0.2) is 24.0 Å². The van der Waals surface area contributed by atoms with Crippen molar-refractivity contribution in [3.8, 4) is 0 Å². The van der Waals surface area contributed by atoms with E-state index in [4.69, 9.17) is 17.3 Å². The molecule has 1 aromatic rings. The molecular weight excluding hydrogens is 263 g/mol. The van der Waals surface area contributed by atoms with Gasteiger partial charge in [-0.05, 0) is 36.6 Å². The highest BCUT2D eigenvalue weighted by atomic mass is 35.5. The van der Waals surface area contributed by atoms with Gasteiger partial charge in [-0.1, -0.05) is 11.6 Å². The van der Waals surface area contributed by atoms with Gasteiger partial charge in [-0.15, -0.1) is 0 Å². The smallest absolute Gasteiger partial charge is 0.241 e. The van der Waals surface area contributed by atoms with Gasteiger partial charge in [0, 0.05) is 0 Å². The molecule has 1 aromatic carbocycles. The van der Waals surface area contributed by atoms with E-state index in [1.54, 1.807) is 11.8 Å². The van der Waals surface area contributed by atoms with Gasteiger partial charge in [0.25, 0.3) is 0 Å². The highest BCUT2D eigenvalue weighted by Crippen LogP contribution is 2.22. The summed E-state index contributed by atoms with van der Waals surface area (Å²) in [6.07, 6.45) is 2.51. The van der Waals surface area contributed by atoms with Crippen LogP contribution in [-0.2, 0) is 4.79 Å². The van der Waals surface area contributed by atoms with Gasteiger partial charge in [0.1, 0.15) is 5.82 Å². The number of benzene rings is 1. The predicted octanol–water partition coefficient (Wildman–Crippen LogP) is 2.50. The second-order valence-electron chi connectivity index (χ2n) is 3.50. The Morgan fingerprint density at radius 2 is 2.35 bits per heavy atom. The quantitative estimate of drug-likeness (QED) is 0.869. The fraction of sp³-hybridized carbons (Fsp3) is 0.364. The number of thioether (sulfide) groups is 1. The van der Waals surface area contributed by atoms with E-state index in [1.807, 2.05) is 6.26 Å². The molecule has 0 bridgehead atoms. The van der Waals surface area contributed by atoms with E-state index in [-0.39, 0.29) is 16.6 Å². The summed E-state index contributed by atoms with van der Waals surface area (Å²) in [5.74, 6) is -0.0141. The van der Waals surface area contributed by atoms with Crippen molar-refractivity contribution in [2.75, 3.05) is 17.3 Å². The number of carbonyl (C=O) groups is 1. The van der Waals surface area contributed by atoms with Crippen molar-refractivity contribution in [1.82, 2.24) is 0 Å². The van der Waals surface area contributed by atoms with Gasteiger partial charge in [0.05, 0.1) is 16.8 Å². The summed E-state index contributed by atoms with van der Waals surface area (Å²) >= 11 is 7.44. The third-order valence-electron chi connectivity index (χ3n) is 2.16. The first kappa shape index (κ1) is 14.3. The lowest BCUT2D eigenvalue weighted by molar-refractivity contribution is -0.117. The van der Waals surface area contributed by atoms with Gasteiger partial charge < -0.3 is 11.1 Å². The first-order valence-electron chi connectivity index (χ1n) is 5.05. The molecule has 94 valence electrons. The predicted molar refractivity (Wildman–Crippen MR) is 71.0 cm³/mol. The topological polar surface area (TPSA) is 55.1 Å². The Hall–Kier alpha value is -0.780. The monoisotopic (exact) mass is 276 g/mol. The second kappa shape index (κ2) is 6.83. The molecule has 0 saturated heterocycles. The zero-order valence-electron chi connectivity index (χ0n) is 9.37. The number of halogens is 2. The van der Waals surface area contributed by atoms with E-state index in [0.717, 1.165) is 5.75 Å². The number of hydrogen-bond acceptors (Lipinski definition) is 3. The molecule has 0 fully saturated rings. The number of rotatable bonds is 5. The minimum absolute atomic E-state index is 0.247. The van der Waals surface area contributed by atoms with E-state index < -0.39 is 11.9 Å². The number of nitrogens with two attached hydrogens (primary N) is 1. The van der Waals surface area contributed by atoms with Crippen LogP contribution in [0.15, 0.2) is 18.2 Å². The van der Waals surface area contributed by atoms with Crippen LogP contribution in [0, 0.1) is 5.82 Å². The third-order valence-corrected chi connectivity index (χ3v) is 3.13. The van der Waals surface area contributed by atoms with Crippen LogP contribution in [0.3, 0.4) is 0 Å². The van der Waals surface area contributed by atoms with Crippen molar-refractivity contribution in [2.24, 2.45) is 5.73 Å². The summed E-state index contributed by atoms with van der Waals surface area (Å²) in [7, 11) is 0. The van der Waals surface area contributed by atoms with Crippen LogP contribution in [0.1, 0.15) is 6.42 Å². The summed E-state index contributed by atoms with van der Waals surface area (Å²) in [5, 5.41) is 2.80. The molecule has 0 spiro atoms. The van der Waals surface area contributed by atoms with Crippen LogP contribution in [0.4, 0.5) is 10.1 Å². The molecule has 0 aliphatic rings. The normalized spacial score (nSPS) is 12.2. The maximum absolute atomic E-state index is 13.0. The number of anilines is 1. The van der Waals surface area contributed by atoms with Crippen molar-refractivity contribution >= 4 is 35.0 Å². The molecule has 17 heavy (non-hydrogen) atoms. The average Bonchev–Trinajstić information content (AvgIpc) is 2.30. The van der Waals surface area contributed by atoms with Crippen LogP contribution >= 0.6 is 23.4 Å². The Morgan fingerprint density at radius 3 is 3.00 bits per heavy atom. The second-order valence-corrected chi connectivity index (χ2v) is 4.89. The van der Waals surface area contributed by atoms with Gasteiger partial charge in [-0.2, -0.15) is 11.8 Å². The highest BCUT2D eigenvalue weighted by molar-refractivity contribution is 7.98. The summed E-state index contributed by atoms with van der Waals surface area (Å²) in [6.45, 7) is 0. The van der Waals surface area contributed by atoms with E-state index in [2.05, 4.69) is 5.32 Å². The maximum atomic E-state index is 13.0. The molecule has 1 rings (SSSR count). The molecule has 0 saturated carbocycles. The van der Waals surface area contributed by atoms with E-state index >= 15 is 0 Å². The van der Waals surface area contributed by atoms with Crippen molar-refractivity contribution < 1.29 is 9.18 Å². The van der Waals surface area contributed by atoms with Crippen molar-refractivity contribution in [3.63, 3.8) is 0 Å². The lowest BCUT2D eigenvalue weighted by atomic mass is 10.2. The highest BCUT2D eigenvalue weighted by Gasteiger charge is 2.14. The van der Waals surface area contributed by atoms with E-state index in [0.29, 0.717) is 6.42 Å². The first-order valence-corrected chi connectivity index (χ1v) is 6.82. The zero-order valence-corrected chi connectivity index (χ0v) is 10.9. The van der Waals surface area contributed by atoms with Crippen LogP contribution < -0.4 is 11.1 Å². The Bertz CT molecular complexity index is 403. The summed E-state index contributed by atoms with van der Waals surface area (Å²) in [4.78, 5) is 11.7. The summed E-state index contributed by atoms with van der Waals surface area (Å²) in [5.41, 5.74) is 5.92. The fourth-order valence-corrected chi connectivity index (χ4v) is 1.85. The molecule has 0 radical (unpaired) electrons. The molecular formula is C11H14ClFN2OS. The van der Waals surface area contributed by atoms with E-state index in [1.165, 1.54) is 18.2 Å². The van der Waals surface area contributed by atoms with Crippen LogP contribution in [0.5, 0.6) is 0 Å². The lowest BCUT2D eigenvalue weighted by Gasteiger charge is -2.12. The average molecular weight is 277 g/mol. The van der Waals surface area contributed by atoms with Crippen LogP contribution in [0.25, 0.3) is 0 Å². The molecule has 3 nitrogen and oxygen atoms in total. The molecule has 0 aromatic heterocycles. The molecule has 0 aliphatic carbocycles. The molecule has 1 amide bonds. The number of amides is 1. The molecule has 3 N–H and O–H groups in total. The fourth-order valence-electron chi connectivity index (χ4n) is 1.19.